The molecule has 0 aromatic carbocycles. The minimum atomic E-state index is -0.701. The monoisotopic (exact) mass is 213 g/mol. The number of nitrogens with two attached hydrogens (primary N) is 1. The van der Waals surface area contributed by atoms with Crippen LogP contribution < -0.4 is 11.3 Å². The summed E-state index contributed by atoms with van der Waals surface area (Å²) in [7, 11) is 0. The molecule has 0 aromatic rings. The molecule has 0 spiro atoms. The van der Waals surface area contributed by atoms with Crippen molar-refractivity contribution >= 4 is 17.7 Å². The van der Waals surface area contributed by atoms with E-state index in [1.165, 1.54) is 0 Å². The summed E-state index contributed by atoms with van der Waals surface area (Å²) in [6.07, 6.45) is 1.48. The topological polar surface area (TPSA) is 92.5 Å². The van der Waals surface area contributed by atoms with E-state index in [2.05, 4.69) is 12.0 Å². The highest BCUT2D eigenvalue weighted by Crippen LogP contribution is 2.00. The Labute approximate surface area is 88.1 Å². The number of hydrazine groups is 1. The van der Waals surface area contributed by atoms with Gasteiger partial charge in [-0.2, -0.15) is 0 Å². The van der Waals surface area contributed by atoms with Gasteiger partial charge >= 0.3 is 0 Å². The first-order valence-corrected chi connectivity index (χ1v) is 4.48. The van der Waals surface area contributed by atoms with E-state index in [1.807, 2.05) is 0 Å². The Bertz CT molecular complexity index is 276. The number of carbonyl (C=O) groups excluding carboxylic acids is 3. The third-order valence-corrected chi connectivity index (χ3v) is 1.67. The molecule has 0 rings (SSSR count). The molecule has 3 amide bonds. The maximum atomic E-state index is 11.4. The van der Waals surface area contributed by atoms with Crippen LogP contribution >= 0.6 is 0 Å². The lowest BCUT2D eigenvalue weighted by atomic mass is 10.2. The zero-order chi connectivity index (χ0) is 11.8. The van der Waals surface area contributed by atoms with E-state index >= 15 is 0 Å². The van der Waals surface area contributed by atoms with E-state index in [-0.39, 0.29) is 6.42 Å². The van der Waals surface area contributed by atoms with Gasteiger partial charge in [-0.25, -0.2) is 4.90 Å². The second-order valence-electron chi connectivity index (χ2n) is 2.85. The van der Waals surface area contributed by atoms with Gasteiger partial charge in [-0.3, -0.25) is 25.7 Å². The average Bonchev–Trinajstić information content (AvgIpc) is 2.17. The molecular weight excluding hydrogens is 198 g/mol. The smallest absolute Gasteiger partial charge is 0.259 e. The fourth-order valence-electron chi connectivity index (χ4n) is 0.998. The van der Waals surface area contributed by atoms with Gasteiger partial charge in [-0.1, -0.05) is 6.58 Å². The van der Waals surface area contributed by atoms with Crippen LogP contribution in [0, 0.1) is 0 Å². The Morgan fingerprint density at radius 1 is 1.47 bits per heavy atom. The lowest BCUT2D eigenvalue weighted by molar-refractivity contribution is -0.150. The molecule has 0 saturated heterocycles. The van der Waals surface area contributed by atoms with Gasteiger partial charge in [0.1, 0.15) is 0 Å². The van der Waals surface area contributed by atoms with Crippen LogP contribution in [-0.2, 0) is 14.4 Å². The lowest BCUT2D eigenvalue weighted by Crippen LogP contribution is -2.39. The molecule has 3 N–H and O–H groups in total. The van der Waals surface area contributed by atoms with Gasteiger partial charge in [0.2, 0.25) is 11.8 Å². The SMILES string of the molecule is C=CC(=O)N(C(C)=O)C(=O)CCCNN. The Kier molecular flexibility index (Phi) is 6.16. The van der Waals surface area contributed by atoms with E-state index < -0.39 is 17.7 Å². The number of nitrogens with zero attached hydrogens (tertiary/aromatic N) is 1. The molecule has 0 saturated carbocycles. The number of amides is 3. The third-order valence-electron chi connectivity index (χ3n) is 1.67. The Balaban J connectivity index is 4.37. The molecule has 0 heterocycles. The van der Waals surface area contributed by atoms with Crippen molar-refractivity contribution in [3.05, 3.63) is 12.7 Å². The molecule has 15 heavy (non-hydrogen) atoms. The van der Waals surface area contributed by atoms with E-state index in [4.69, 9.17) is 5.84 Å². The fourth-order valence-corrected chi connectivity index (χ4v) is 0.998. The van der Waals surface area contributed by atoms with Gasteiger partial charge in [0.15, 0.2) is 0 Å². The second-order valence-corrected chi connectivity index (χ2v) is 2.85. The summed E-state index contributed by atoms with van der Waals surface area (Å²) in [6, 6.07) is 0. The minimum Gasteiger partial charge on any atom is -0.274 e. The number of imide groups is 3. The molecule has 0 aliphatic rings. The third kappa shape index (κ3) is 4.48. The van der Waals surface area contributed by atoms with Crippen LogP contribution in [0.25, 0.3) is 0 Å². The van der Waals surface area contributed by atoms with E-state index in [0.717, 1.165) is 13.0 Å². The van der Waals surface area contributed by atoms with Crippen LogP contribution in [0.2, 0.25) is 0 Å². The van der Waals surface area contributed by atoms with Crippen LogP contribution in [0.3, 0.4) is 0 Å². The number of rotatable bonds is 5. The highest BCUT2D eigenvalue weighted by Gasteiger charge is 2.22. The lowest BCUT2D eigenvalue weighted by Gasteiger charge is -2.14. The van der Waals surface area contributed by atoms with Crippen molar-refractivity contribution in [1.29, 1.82) is 0 Å². The highest BCUT2D eigenvalue weighted by molar-refractivity contribution is 6.13. The quantitative estimate of drug-likeness (QED) is 0.273. The summed E-state index contributed by atoms with van der Waals surface area (Å²) in [4.78, 5) is 34.2. The van der Waals surface area contributed by atoms with Gasteiger partial charge in [0.25, 0.3) is 5.91 Å². The molecule has 0 aliphatic heterocycles. The average molecular weight is 213 g/mol. The largest absolute Gasteiger partial charge is 0.274 e. The minimum absolute atomic E-state index is 0.0867. The van der Waals surface area contributed by atoms with Gasteiger partial charge < -0.3 is 0 Å². The number of carbonyl (C=O) groups is 3. The predicted molar refractivity (Wildman–Crippen MR) is 54.2 cm³/mol. The summed E-state index contributed by atoms with van der Waals surface area (Å²) in [5, 5.41) is 0. The standard InChI is InChI=1S/C9H15N3O3/c1-3-8(14)12(7(2)13)9(15)5-4-6-11-10/h3,11H,1,4-6,10H2,2H3. The van der Waals surface area contributed by atoms with Crippen molar-refractivity contribution < 1.29 is 14.4 Å². The van der Waals surface area contributed by atoms with E-state index in [1.54, 1.807) is 0 Å². The zero-order valence-electron chi connectivity index (χ0n) is 8.66. The molecule has 84 valence electrons. The number of hydrogen-bond acceptors (Lipinski definition) is 5. The van der Waals surface area contributed by atoms with Gasteiger partial charge in [-0.15, -0.1) is 0 Å². The van der Waals surface area contributed by atoms with Gasteiger partial charge in [0, 0.05) is 19.9 Å². The van der Waals surface area contributed by atoms with Crippen LogP contribution in [0.5, 0.6) is 0 Å². The summed E-state index contributed by atoms with van der Waals surface area (Å²) in [5.74, 6) is 3.17. The van der Waals surface area contributed by atoms with Crippen molar-refractivity contribution in [2.75, 3.05) is 6.54 Å². The van der Waals surface area contributed by atoms with Crippen molar-refractivity contribution in [3.8, 4) is 0 Å². The van der Waals surface area contributed by atoms with Gasteiger partial charge in [0.05, 0.1) is 0 Å². The normalized spacial score (nSPS) is 9.47. The number of nitrogens with one attached hydrogen (secondary N) is 1. The first-order valence-electron chi connectivity index (χ1n) is 4.48. The molecule has 0 unspecified atom stereocenters. The summed E-state index contributed by atoms with van der Waals surface area (Å²) >= 11 is 0. The Morgan fingerprint density at radius 3 is 2.47 bits per heavy atom. The van der Waals surface area contributed by atoms with Crippen molar-refractivity contribution in [2.24, 2.45) is 5.84 Å². The van der Waals surface area contributed by atoms with Crippen LogP contribution in [0.4, 0.5) is 0 Å². The van der Waals surface area contributed by atoms with Crippen LogP contribution in [0.15, 0.2) is 12.7 Å². The van der Waals surface area contributed by atoms with Crippen molar-refractivity contribution in [2.45, 2.75) is 19.8 Å². The molecule has 0 radical (unpaired) electrons. The van der Waals surface area contributed by atoms with Crippen molar-refractivity contribution in [3.63, 3.8) is 0 Å². The summed E-state index contributed by atoms with van der Waals surface area (Å²) in [6.45, 7) is 4.81. The number of hydrogen-bond donors (Lipinski definition) is 2. The molecule has 6 nitrogen and oxygen atoms in total. The molecule has 6 heteroatoms. The van der Waals surface area contributed by atoms with Gasteiger partial charge in [-0.05, 0) is 12.5 Å². The maximum absolute atomic E-state index is 11.4. The van der Waals surface area contributed by atoms with Crippen LogP contribution in [0.1, 0.15) is 19.8 Å². The van der Waals surface area contributed by atoms with E-state index in [9.17, 15) is 14.4 Å². The first-order chi connectivity index (χ1) is 7.04. The fraction of sp³-hybridized carbons (Fsp3) is 0.444. The van der Waals surface area contributed by atoms with Crippen LogP contribution in [-0.4, -0.2) is 29.2 Å². The van der Waals surface area contributed by atoms with Crippen molar-refractivity contribution in [1.82, 2.24) is 10.3 Å². The highest BCUT2D eigenvalue weighted by atomic mass is 16.2. The molecule has 0 aliphatic carbocycles. The van der Waals surface area contributed by atoms with E-state index in [0.29, 0.717) is 17.9 Å². The molecule has 0 bridgehead atoms. The molecule has 0 atom stereocenters. The molecule has 0 aromatic heterocycles. The molecule has 0 fully saturated rings. The Hall–Kier alpha value is -1.53. The molecular formula is C9H15N3O3. The second kappa shape index (κ2) is 6.86. The first kappa shape index (κ1) is 13.5. The summed E-state index contributed by atoms with van der Waals surface area (Å²) in [5.41, 5.74) is 2.37. The maximum Gasteiger partial charge on any atom is 0.259 e. The zero-order valence-corrected chi connectivity index (χ0v) is 8.66. The predicted octanol–water partition coefficient (Wildman–Crippen LogP) is -0.682. The summed E-state index contributed by atoms with van der Waals surface area (Å²) < 4.78 is 0. The Morgan fingerprint density at radius 2 is 2.07 bits per heavy atom.